The zero-order valence-electron chi connectivity index (χ0n) is 16.1. The van der Waals surface area contributed by atoms with Crippen molar-refractivity contribution < 1.29 is 23.6 Å². The van der Waals surface area contributed by atoms with Crippen molar-refractivity contribution in [2.75, 3.05) is 13.6 Å². The normalized spacial score (nSPS) is 15.3. The van der Waals surface area contributed by atoms with Gasteiger partial charge in [-0.3, -0.25) is 14.6 Å². The highest BCUT2D eigenvalue weighted by Gasteiger charge is 2.26. The van der Waals surface area contributed by atoms with Gasteiger partial charge in [-0.25, -0.2) is 14.2 Å². The van der Waals surface area contributed by atoms with Crippen LogP contribution in [0.4, 0.5) is 4.39 Å². The maximum Gasteiger partial charge on any atom is 0.376 e. The number of carbonyl (C=O) groups is 3. The smallest absolute Gasteiger partial charge is 0.350 e. The standard InChI is InChI=1S/C21H19FN4O4/c1-26-18(21(29)30-25-26)13-17(24-19(27)15-8-3-2-4-9-15)20(28)23-12-11-14-7-5-6-10-16(14)22/h2-10,13,25H,11-12H2,1H3,(H,23,28)/b18-13-,24-17?. The molecule has 2 N–H and O–H groups in total. The van der Waals surface area contributed by atoms with Crippen molar-refractivity contribution in [3.63, 3.8) is 0 Å². The first-order chi connectivity index (χ1) is 14.5. The molecule has 30 heavy (non-hydrogen) atoms. The van der Waals surface area contributed by atoms with Gasteiger partial charge in [0, 0.05) is 25.2 Å². The molecule has 0 atom stereocenters. The molecule has 0 radical (unpaired) electrons. The Balaban J connectivity index is 1.79. The van der Waals surface area contributed by atoms with Gasteiger partial charge in [0.25, 0.3) is 11.8 Å². The van der Waals surface area contributed by atoms with E-state index in [0.717, 1.165) is 6.08 Å². The molecule has 0 bridgehead atoms. The number of benzene rings is 2. The number of likely N-dealkylation sites (N-methyl/N-ethyl adjacent to an activating group) is 1. The lowest BCUT2D eigenvalue weighted by molar-refractivity contribution is -0.142. The summed E-state index contributed by atoms with van der Waals surface area (Å²) in [6, 6.07) is 14.4. The lowest BCUT2D eigenvalue weighted by Crippen LogP contribution is -2.33. The van der Waals surface area contributed by atoms with Crippen LogP contribution in [-0.4, -0.2) is 42.1 Å². The van der Waals surface area contributed by atoms with Crippen LogP contribution in [0.2, 0.25) is 0 Å². The molecule has 0 spiro atoms. The molecule has 1 aliphatic heterocycles. The van der Waals surface area contributed by atoms with Crippen LogP contribution >= 0.6 is 0 Å². The largest absolute Gasteiger partial charge is 0.376 e. The van der Waals surface area contributed by atoms with Gasteiger partial charge >= 0.3 is 5.97 Å². The molecule has 1 saturated heterocycles. The highest BCUT2D eigenvalue weighted by molar-refractivity contribution is 6.45. The van der Waals surface area contributed by atoms with E-state index in [1.165, 1.54) is 18.1 Å². The van der Waals surface area contributed by atoms with Gasteiger partial charge in [-0.1, -0.05) is 42.0 Å². The van der Waals surface area contributed by atoms with Crippen LogP contribution in [-0.2, 0) is 20.8 Å². The number of nitrogens with one attached hydrogen (secondary N) is 2. The molecule has 9 heteroatoms. The van der Waals surface area contributed by atoms with Crippen molar-refractivity contribution in [2.45, 2.75) is 6.42 Å². The van der Waals surface area contributed by atoms with Crippen molar-refractivity contribution in [2.24, 2.45) is 4.99 Å². The molecule has 1 fully saturated rings. The lowest BCUT2D eigenvalue weighted by Gasteiger charge is -2.09. The predicted molar refractivity (Wildman–Crippen MR) is 106 cm³/mol. The van der Waals surface area contributed by atoms with Crippen LogP contribution in [0.1, 0.15) is 15.9 Å². The van der Waals surface area contributed by atoms with Gasteiger partial charge < -0.3 is 10.2 Å². The van der Waals surface area contributed by atoms with Gasteiger partial charge in [0.15, 0.2) is 0 Å². The fourth-order valence-corrected chi connectivity index (χ4v) is 2.64. The summed E-state index contributed by atoms with van der Waals surface area (Å²) in [6.07, 6.45) is 1.40. The molecule has 0 aromatic heterocycles. The summed E-state index contributed by atoms with van der Waals surface area (Å²) in [6.45, 7) is 0.111. The van der Waals surface area contributed by atoms with E-state index < -0.39 is 17.8 Å². The predicted octanol–water partition coefficient (Wildman–Crippen LogP) is 1.56. The van der Waals surface area contributed by atoms with Crippen LogP contribution in [0, 0.1) is 5.82 Å². The summed E-state index contributed by atoms with van der Waals surface area (Å²) in [5, 5.41) is 3.84. The Bertz CT molecular complexity index is 1020. The van der Waals surface area contributed by atoms with Crippen LogP contribution in [0.5, 0.6) is 0 Å². The molecular formula is C21H19FN4O4. The number of rotatable bonds is 6. The first-order valence-electron chi connectivity index (χ1n) is 9.07. The molecule has 1 heterocycles. The molecule has 2 aromatic carbocycles. The summed E-state index contributed by atoms with van der Waals surface area (Å²) in [7, 11) is 1.50. The van der Waals surface area contributed by atoms with E-state index >= 15 is 0 Å². The summed E-state index contributed by atoms with van der Waals surface area (Å²) in [5.74, 6) is -2.43. The van der Waals surface area contributed by atoms with E-state index in [9.17, 15) is 18.8 Å². The Morgan fingerprint density at radius 3 is 2.53 bits per heavy atom. The minimum Gasteiger partial charge on any atom is -0.350 e. The van der Waals surface area contributed by atoms with Crippen molar-refractivity contribution in [1.82, 2.24) is 15.9 Å². The third-order valence-electron chi connectivity index (χ3n) is 4.23. The summed E-state index contributed by atoms with van der Waals surface area (Å²) >= 11 is 0. The lowest BCUT2D eigenvalue weighted by atomic mass is 10.1. The van der Waals surface area contributed by atoms with E-state index in [4.69, 9.17) is 0 Å². The molecule has 1 aliphatic rings. The Hall–Kier alpha value is -3.85. The maximum atomic E-state index is 13.7. The number of hydrogen-bond acceptors (Lipinski definition) is 6. The first kappa shape index (κ1) is 20.9. The van der Waals surface area contributed by atoms with Gasteiger partial charge in [0.2, 0.25) is 0 Å². The van der Waals surface area contributed by atoms with Gasteiger partial charge in [0.05, 0.1) is 0 Å². The van der Waals surface area contributed by atoms with Crippen LogP contribution in [0.15, 0.2) is 71.4 Å². The van der Waals surface area contributed by atoms with E-state index in [0.29, 0.717) is 5.56 Å². The van der Waals surface area contributed by atoms with E-state index in [1.807, 2.05) is 0 Å². The molecule has 154 valence electrons. The molecular weight excluding hydrogens is 391 g/mol. The van der Waals surface area contributed by atoms with Crippen LogP contribution in [0.25, 0.3) is 0 Å². The van der Waals surface area contributed by atoms with Gasteiger partial charge in [-0.2, -0.15) is 0 Å². The second-order valence-corrected chi connectivity index (χ2v) is 6.33. The minimum atomic E-state index is -0.725. The number of hydrogen-bond donors (Lipinski definition) is 2. The van der Waals surface area contributed by atoms with E-state index in [-0.39, 0.29) is 35.8 Å². The third kappa shape index (κ3) is 5.15. The summed E-state index contributed by atoms with van der Waals surface area (Å²) < 4.78 is 13.7. The zero-order valence-corrected chi connectivity index (χ0v) is 16.1. The summed E-state index contributed by atoms with van der Waals surface area (Å²) in [4.78, 5) is 45.5. The van der Waals surface area contributed by atoms with Gasteiger partial charge in [-0.05, 0) is 30.2 Å². The second-order valence-electron chi connectivity index (χ2n) is 6.33. The third-order valence-corrected chi connectivity index (χ3v) is 4.23. The highest BCUT2D eigenvalue weighted by atomic mass is 19.1. The number of halogens is 1. The minimum absolute atomic E-state index is 0.00105. The first-order valence-corrected chi connectivity index (χ1v) is 9.07. The van der Waals surface area contributed by atoms with Gasteiger partial charge in [-0.15, -0.1) is 0 Å². The SMILES string of the molecule is CN1NOC(=O)/C1=C/C(=NC(=O)c1ccccc1)C(=O)NCCc1ccccc1F. The molecule has 3 rings (SSSR count). The topological polar surface area (TPSA) is 100 Å². The molecule has 0 aliphatic carbocycles. The zero-order chi connectivity index (χ0) is 21.5. The molecule has 2 aromatic rings. The van der Waals surface area contributed by atoms with E-state index in [1.54, 1.807) is 48.5 Å². The van der Waals surface area contributed by atoms with Crippen LogP contribution in [0.3, 0.4) is 0 Å². The Morgan fingerprint density at radius 2 is 1.87 bits per heavy atom. The van der Waals surface area contributed by atoms with Crippen molar-refractivity contribution >= 4 is 23.5 Å². The molecule has 0 saturated carbocycles. The Morgan fingerprint density at radius 1 is 1.17 bits per heavy atom. The highest BCUT2D eigenvalue weighted by Crippen LogP contribution is 2.10. The Kier molecular flexibility index (Phi) is 6.66. The average Bonchev–Trinajstić information content (AvgIpc) is 3.07. The van der Waals surface area contributed by atoms with Crippen molar-refractivity contribution in [3.05, 3.63) is 83.3 Å². The number of carbonyl (C=O) groups excluding carboxylic acids is 3. The fourth-order valence-electron chi connectivity index (χ4n) is 2.64. The number of amides is 2. The van der Waals surface area contributed by atoms with Gasteiger partial charge in [0.1, 0.15) is 17.2 Å². The maximum absolute atomic E-state index is 13.7. The Labute approximate surface area is 172 Å². The number of aliphatic imine (C=N–C) groups is 1. The fraction of sp³-hybridized carbons (Fsp3) is 0.143. The number of nitrogens with zero attached hydrogens (tertiary/aromatic N) is 2. The monoisotopic (exact) mass is 410 g/mol. The van der Waals surface area contributed by atoms with Crippen molar-refractivity contribution in [3.8, 4) is 0 Å². The molecule has 8 nitrogen and oxygen atoms in total. The molecule has 2 amide bonds. The molecule has 0 unspecified atom stereocenters. The second kappa shape index (κ2) is 9.57. The number of hydrazine groups is 1. The van der Waals surface area contributed by atoms with Crippen LogP contribution < -0.4 is 10.9 Å². The summed E-state index contributed by atoms with van der Waals surface area (Å²) in [5.41, 5.74) is 2.77. The average molecular weight is 410 g/mol. The van der Waals surface area contributed by atoms with E-state index in [2.05, 4.69) is 20.7 Å². The quantitative estimate of drug-likeness (QED) is 0.554. The van der Waals surface area contributed by atoms with Crippen molar-refractivity contribution in [1.29, 1.82) is 0 Å².